The van der Waals surface area contributed by atoms with Gasteiger partial charge in [-0.25, -0.2) is 9.78 Å². The second-order valence-corrected chi connectivity index (χ2v) is 6.71. The molecule has 1 aromatic heterocycles. The zero-order valence-electron chi connectivity index (χ0n) is 13.1. The number of hydrogen-bond acceptors (Lipinski definition) is 4. The predicted molar refractivity (Wildman–Crippen MR) is 98.7 cm³/mol. The lowest BCUT2D eigenvalue weighted by molar-refractivity contribution is 0.0701. The Balaban J connectivity index is 1.76. The van der Waals surface area contributed by atoms with Gasteiger partial charge in [0.15, 0.2) is 0 Å². The molecule has 0 unspecified atom stereocenters. The van der Waals surface area contributed by atoms with Crippen LogP contribution < -0.4 is 5.32 Å². The van der Waals surface area contributed by atoms with Crippen molar-refractivity contribution in [3.05, 3.63) is 69.7 Å². The molecule has 5 nitrogen and oxygen atoms in total. The molecule has 0 fully saturated rings. The first-order valence-electron chi connectivity index (χ1n) is 7.32. The van der Waals surface area contributed by atoms with Gasteiger partial charge in [-0.05, 0) is 55.5 Å². The van der Waals surface area contributed by atoms with E-state index in [2.05, 4.69) is 10.3 Å². The summed E-state index contributed by atoms with van der Waals surface area (Å²) in [6.45, 7) is 1.67. The third-order valence-corrected chi connectivity index (χ3v) is 4.93. The highest BCUT2D eigenvalue weighted by atomic mass is 35.5. The Labute approximate surface area is 152 Å². The van der Waals surface area contributed by atoms with E-state index in [1.807, 2.05) is 0 Å². The first-order valence-corrected chi connectivity index (χ1v) is 8.51. The van der Waals surface area contributed by atoms with E-state index in [0.29, 0.717) is 27.0 Å². The number of carboxylic acids is 1. The highest BCUT2D eigenvalue weighted by molar-refractivity contribution is 7.17. The Kier molecular flexibility index (Phi) is 4.83. The summed E-state index contributed by atoms with van der Waals surface area (Å²) in [4.78, 5) is 27.8. The summed E-state index contributed by atoms with van der Waals surface area (Å²) >= 11 is 6.94. The molecule has 3 rings (SSSR count). The van der Waals surface area contributed by atoms with Crippen LogP contribution in [0.15, 0.2) is 48.5 Å². The van der Waals surface area contributed by atoms with Crippen molar-refractivity contribution in [1.29, 1.82) is 0 Å². The summed E-state index contributed by atoms with van der Waals surface area (Å²) in [7, 11) is 0. The number of benzene rings is 2. The molecule has 1 heterocycles. The fraction of sp³-hybridized carbons (Fsp3) is 0.0556. The van der Waals surface area contributed by atoms with Crippen molar-refractivity contribution in [2.45, 2.75) is 6.92 Å². The minimum Gasteiger partial charge on any atom is -0.477 e. The van der Waals surface area contributed by atoms with E-state index in [-0.39, 0.29) is 10.8 Å². The maximum absolute atomic E-state index is 12.2. The molecule has 2 aromatic carbocycles. The van der Waals surface area contributed by atoms with Crippen LogP contribution in [0.4, 0.5) is 5.69 Å². The molecule has 0 aliphatic carbocycles. The van der Waals surface area contributed by atoms with Crippen LogP contribution in [0, 0.1) is 6.92 Å². The number of nitrogens with zero attached hydrogens (tertiary/aromatic N) is 1. The molecule has 3 aromatic rings. The summed E-state index contributed by atoms with van der Waals surface area (Å²) < 4.78 is 0. The number of hydrogen-bond donors (Lipinski definition) is 2. The number of nitrogens with one attached hydrogen (secondary N) is 1. The van der Waals surface area contributed by atoms with Crippen LogP contribution in [-0.4, -0.2) is 22.0 Å². The quantitative estimate of drug-likeness (QED) is 0.694. The van der Waals surface area contributed by atoms with E-state index in [0.717, 1.165) is 16.9 Å². The Bertz CT molecular complexity index is 934. The topological polar surface area (TPSA) is 79.3 Å². The molecule has 0 radical (unpaired) electrons. The predicted octanol–water partition coefficient (Wildman–Crippen LogP) is 4.72. The molecule has 0 atom stereocenters. The lowest BCUT2D eigenvalue weighted by atomic mass is 10.2. The fourth-order valence-corrected chi connectivity index (χ4v) is 3.26. The van der Waals surface area contributed by atoms with E-state index < -0.39 is 5.97 Å². The lowest BCUT2D eigenvalue weighted by Gasteiger charge is -2.06. The van der Waals surface area contributed by atoms with Crippen LogP contribution in [0.5, 0.6) is 0 Å². The van der Waals surface area contributed by atoms with Gasteiger partial charge in [-0.2, -0.15) is 0 Å². The molecule has 0 aliphatic heterocycles. The van der Waals surface area contributed by atoms with Crippen molar-refractivity contribution >= 4 is 40.5 Å². The van der Waals surface area contributed by atoms with Gasteiger partial charge < -0.3 is 10.4 Å². The molecule has 0 spiro atoms. The molecule has 2 N–H and O–H groups in total. The van der Waals surface area contributed by atoms with E-state index in [1.165, 1.54) is 0 Å². The molecular weight excluding hydrogens is 360 g/mol. The summed E-state index contributed by atoms with van der Waals surface area (Å²) in [5.74, 6) is -1.21. The lowest BCUT2D eigenvalue weighted by Crippen LogP contribution is -2.11. The van der Waals surface area contributed by atoms with E-state index >= 15 is 0 Å². The largest absolute Gasteiger partial charge is 0.477 e. The maximum atomic E-state index is 12.2. The fourth-order valence-electron chi connectivity index (χ4n) is 2.22. The van der Waals surface area contributed by atoms with Gasteiger partial charge in [-0.15, -0.1) is 11.3 Å². The van der Waals surface area contributed by atoms with E-state index in [1.54, 1.807) is 55.5 Å². The molecule has 0 saturated heterocycles. The summed E-state index contributed by atoms with van der Waals surface area (Å²) in [5.41, 5.74) is 2.43. The molecule has 1 amide bonds. The molecular formula is C18H13ClN2O3S. The monoisotopic (exact) mass is 372 g/mol. The number of halogens is 1. The number of carbonyl (C=O) groups excluding carboxylic acids is 1. The molecule has 7 heteroatoms. The Morgan fingerprint density at radius 2 is 1.72 bits per heavy atom. The van der Waals surface area contributed by atoms with Gasteiger partial charge >= 0.3 is 5.97 Å². The smallest absolute Gasteiger partial charge is 0.347 e. The minimum absolute atomic E-state index is 0.232. The number of anilines is 1. The maximum Gasteiger partial charge on any atom is 0.347 e. The highest BCUT2D eigenvalue weighted by Crippen LogP contribution is 2.28. The zero-order chi connectivity index (χ0) is 18.0. The number of amides is 1. The van der Waals surface area contributed by atoms with Crippen LogP contribution in [0.25, 0.3) is 10.6 Å². The summed E-state index contributed by atoms with van der Waals surface area (Å²) in [6, 6.07) is 13.7. The molecule has 0 aliphatic rings. The standard InChI is InChI=1S/C18H13ClN2O3S/c1-10-15(18(23)24)25-17(20-10)12-4-8-14(9-5-12)21-16(22)11-2-6-13(19)7-3-11/h2-9H,1H3,(H,21,22)(H,23,24). The number of carbonyl (C=O) groups is 2. The molecule has 0 bridgehead atoms. The minimum atomic E-state index is -0.979. The normalized spacial score (nSPS) is 10.5. The molecule has 25 heavy (non-hydrogen) atoms. The summed E-state index contributed by atoms with van der Waals surface area (Å²) in [6.07, 6.45) is 0. The third-order valence-electron chi connectivity index (χ3n) is 3.49. The van der Waals surface area contributed by atoms with Crippen molar-refractivity contribution in [2.75, 3.05) is 5.32 Å². The number of rotatable bonds is 4. The highest BCUT2D eigenvalue weighted by Gasteiger charge is 2.15. The second kappa shape index (κ2) is 7.04. The second-order valence-electron chi connectivity index (χ2n) is 5.28. The van der Waals surface area contributed by atoms with E-state index in [4.69, 9.17) is 16.7 Å². The van der Waals surface area contributed by atoms with Gasteiger partial charge in [0, 0.05) is 21.8 Å². The van der Waals surface area contributed by atoms with Crippen molar-refractivity contribution in [1.82, 2.24) is 4.98 Å². The van der Waals surface area contributed by atoms with E-state index in [9.17, 15) is 9.59 Å². The molecule has 126 valence electrons. The van der Waals surface area contributed by atoms with Gasteiger partial charge in [0.1, 0.15) is 9.88 Å². The van der Waals surface area contributed by atoms with Crippen LogP contribution in [0.1, 0.15) is 25.7 Å². The first kappa shape index (κ1) is 17.1. The van der Waals surface area contributed by atoms with Crippen LogP contribution in [0.2, 0.25) is 5.02 Å². The summed E-state index contributed by atoms with van der Waals surface area (Å²) in [5, 5.41) is 13.1. The molecule has 0 saturated carbocycles. The van der Waals surface area contributed by atoms with Crippen molar-refractivity contribution in [3.8, 4) is 10.6 Å². The number of aromatic nitrogens is 1. The Hall–Kier alpha value is -2.70. The first-order chi connectivity index (χ1) is 11.9. The average molecular weight is 373 g/mol. The van der Waals surface area contributed by atoms with Gasteiger partial charge in [0.25, 0.3) is 5.91 Å². The van der Waals surface area contributed by atoms with Gasteiger partial charge in [0.05, 0.1) is 5.69 Å². The Morgan fingerprint density at radius 1 is 1.08 bits per heavy atom. The number of carboxylic acid groups (broad SMARTS) is 1. The number of thiazole rings is 1. The average Bonchev–Trinajstić information content (AvgIpc) is 2.98. The van der Waals surface area contributed by atoms with Crippen molar-refractivity contribution < 1.29 is 14.7 Å². The Morgan fingerprint density at radius 3 is 2.28 bits per heavy atom. The van der Waals surface area contributed by atoms with Gasteiger partial charge in [-0.3, -0.25) is 4.79 Å². The zero-order valence-corrected chi connectivity index (χ0v) is 14.7. The SMILES string of the molecule is Cc1nc(-c2ccc(NC(=O)c3ccc(Cl)cc3)cc2)sc1C(=O)O. The van der Waals surface area contributed by atoms with Gasteiger partial charge in [-0.1, -0.05) is 11.6 Å². The van der Waals surface area contributed by atoms with Crippen molar-refractivity contribution in [3.63, 3.8) is 0 Å². The van der Waals surface area contributed by atoms with Crippen LogP contribution in [0.3, 0.4) is 0 Å². The number of aromatic carboxylic acids is 1. The van der Waals surface area contributed by atoms with Gasteiger partial charge in [0.2, 0.25) is 0 Å². The van der Waals surface area contributed by atoms with Crippen molar-refractivity contribution in [2.24, 2.45) is 0 Å². The third kappa shape index (κ3) is 3.87. The van der Waals surface area contributed by atoms with Crippen LogP contribution >= 0.6 is 22.9 Å². The number of aryl methyl sites for hydroxylation is 1. The van der Waals surface area contributed by atoms with Crippen LogP contribution in [-0.2, 0) is 0 Å².